The number of nitrogens with one attached hydrogen (secondary N) is 1. The molecule has 0 saturated heterocycles. The monoisotopic (exact) mass is 272 g/mol. The molecule has 0 aromatic carbocycles. The third-order valence-corrected chi connectivity index (χ3v) is 3.13. The van der Waals surface area contributed by atoms with E-state index >= 15 is 0 Å². The number of hydrogen-bond acceptors (Lipinski definition) is 4. The Morgan fingerprint density at radius 1 is 1.26 bits per heavy atom. The maximum Gasteiger partial charge on any atom is 0.195 e. The molecule has 3 aromatic rings. The quantitative estimate of drug-likeness (QED) is 0.742. The van der Waals surface area contributed by atoms with E-state index in [-0.39, 0.29) is 0 Å². The third kappa shape index (κ3) is 2.48. The summed E-state index contributed by atoms with van der Waals surface area (Å²) < 4.78 is 7.84. The Hall–Kier alpha value is -2.21. The maximum atomic E-state index is 5.32. The van der Waals surface area contributed by atoms with Crippen LogP contribution in [-0.4, -0.2) is 19.7 Å². The van der Waals surface area contributed by atoms with E-state index in [0.29, 0.717) is 11.3 Å². The molecule has 3 rings (SSSR count). The van der Waals surface area contributed by atoms with Crippen LogP contribution in [0.2, 0.25) is 0 Å². The van der Waals surface area contributed by atoms with Gasteiger partial charge in [0, 0.05) is 19.2 Å². The van der Waals surface area contributed by atoms with Crippen molar-refractivity contribution < 1.29 is 4.42 Å². The Bertz CT molecular complexity index is 700. The van der Waals surface area contributed by atoms with Crippen molar-refractivity contribution in [2.24, 2.45) is 0 Å². The molecular formula is C13H12N4OS. The number of aryl methyl sites for hydroxylation is 1. The topological polar surface area (TPSA) is 59.6 Å². The normalized spacial score (nSPS) is 10.7. The number of aromatic nitrogens is 4. The van der Waals surface area contributed by atoms with E-state index in [2.05, 4.69) is 15.2 Å². The molecule has 0 saturated carbocycles. The molecule has 0 fully saturated rings. The van der Waals surface area contributed by atoms with Crippen LogP contribution < -0.4 is 0 Å². The van der Waals surface area contributed by atoms with Gasteiger partial charge in [-0.05, 0) is 36.5 Å². The van der Waals surface area contributed by atoms with Gasteiger partial charge >= 0.3 is 0 Å². The predicted molar refractivity (Wildman–Crippen MR) is 73.1 cm³/mol. The minimum Gasteiger partial charge on any atom is -0.469 e. The van der Waals surface area contributed by atoms with Crippen LogP contribution >= 0.6 is 12.2 Å². The van der Waals surface area contributed by atoms with Crippen molar-refractivity contribution in [1.82, 2.24) is 19.7 Å². The largest absolute Gasteiger partial charge is 0.469 e. The van der Waals surface area contributed by atoms with E-state index in [1.807, 2.05) is 34.9 Å². The average molecular weight is 272 g/mol. The molecule has 0 amide bonds. The van der Waals surface area contributed by atoms with E-state index in [9.17, 15) is 0 Å². The molecule has 3 aromatic heterocycles. The average Bonchev–Trinajstić information content (AvgIpc) is 3.07. The van der Waals surface area contributed by atoms with Crippen LogP contribution in [0.15, 0.2) is 47.2 Å². The first-order valence-electron chi connectivity index (χ1n) is 5.93. The van der Waals surface area contributed by atoms with E-state index in [0.717, 1.165) is 23.7 Å². The zero-order valence-corrected chi connectivity index (χ0v) is 10.9. The molecule has 3 heterocycles. The van der Waals surface area contributed by atoms with Crippen molar-refractivity contribution in [2.45, 2.75) is 13.0 Å². The lowest BCUT2D eigenvalue weighted by molar-refractivity contribution is 0.491. The summed E-state index contributed by atoms with van der Waals surface area (Å²) in [5.74, 6) is 1.67. The second-order valence-corrected chi connectivity index (χ2v) is 4.44. The Morgan fingerprint density at radius 2 is 2.21 bits per heavy atom. The van der Waals surface area contributed by atoms with Gasteiger partial charge in [-0.1, -0.05) is 6.07 Å². The fourth-order valence-electron chi connectivity index (χ4n) is 1.89. The summed E-state index contributed by atoms with van der Waals surface area (Å²) in [7, 11) is 0. The van der Waals surface area contributed by atoms with E-state index in [4.69, 9.17) is 16.6 Å². The number of nitrogens with zero attached hydrogens (tertiary/aromatic N) is 3. The van der Waals surface area contributed by atoms with E-state index < -0.39 is 0 Å². The fraction of sp³-hybridized carbons (Fsp3) is 0.154. The summed E-state index contributed by atoms with van der Waals surface area (Å²) in [6.45, 7) is 0.703. The Balaban J connectivity index is 1.89. The van der Waals surface area contributed by atoms with Crippen LogP contribution in [0.3, 0.4) is 0 Å². The van der Waals surface area contributed by atoms with Crippen molar-refractivity contribution in [2.75, 3.05) is 0 Å². The van der Waals surface area contributed by atoms with Gasteiger partial charge in [0.1, 0.15) is 11.5 Å². The number of aromatic amines is 1. The summed E-state index contributed by atoms with van der Waals surface area (Å²) in [5.41, 5.74) is 0.800. The summed E-state index contributed by atoms with van der Waals surface area (Å²) in [6.07, 6.45) is 4.17. The first-order chi connectivity index (χ1) is 9.34. The minimum atomic E-state index is 0.590. The highest BCUT2D eigenvalue weighted by atomic mass is 32.1. The molecule has 5 nitrogen and oxygen atoms in total. The molecule has 96 valence electrons. The summed E-state index contributed by atoms with van der Waals surface area (Å²) >= 11 is 5.25. The molecule has 0 atom stereocenters. The highest BCUT2D eigenvalue weighted by Gasteiger charge is 2.10. The molecule has 6 heteroatoms. The SMILES string of the molecule is S=c1[nH]nc(-c2ccccn2)n1CCc1ccco1. The molecule has 0 radical (unpaired) electrons. The summed E-state index contributed by atoms with van der Waals surface area (Å²) in [5, 5.41) is 7.05. The Labute approximate surface area is 114 Å². The highest BCUT2D eigenvalue weighted by molar-refractivity contribution is 7.71. The lowest BCUT2D eigenvalue weighted by Crippen LogP contribution is -2.04. The summed E-state index contributed by atoms with van der Waals surface area (Å²) in [6, 6.07) is 9.54. The molecule has 0 aliphatic rings. The van der Waals surface area contributed by atoms with Crippen LogP contribution in [-0.2, 0) is 13.0 Å². The Morgan fingerprint density at radius 3 is 2.95 bits per heavy atom. The van der Waals surface area contributed by atoms with Crippen LogP contribution in [0, 0.1) is 4.77 Å². The number of pyridine rings is 1. The molecule has 0 bridgehead atoms. The van der Waals surface area contributed by atoms with Gasteiger partial charge in [-0.3, -0.25) is 14.6 Å². The van der Waals surface area contributed by atoms with E-state index in [1.165, 1.54) is 0 Å². The molecule has 0 aliphatic carbocycles. The minimum absolute atomic E-state index is 0.590. The molecule has 19 heavy (non-hydrogen) atoms. The van der Waals surface area contributed by atoms with Gasteiger partial charge < -0.3 is 4.42 Å². The molecule has 0 spiro atoms. The molecular weight excluding hydrogens is 260 g/mol. The van der Waals surface area contributed by atoms with Crippen molar-refractivity contribution >= 4 is 12.2 Å². The van der Waals surface area contributed by atoms with Crippen LogP contribution in [0.1, 0.15) is 5.76 Å². The standard InChI is InChI=1S/C13H12N4OS/c19-13-16-15-12(11-5-1-2-7-14-11)17(13)8-6-10-4-3-9-18-10/h1-5,7,9H,6,8H2,(H,16,19). The van der Waals surface area contributed by atoms with Crippen molar-refractivity contribution in [3.63, 3.8) is 0 Å². The maximum absolute atomic E-state index is 5.32. The van der Waals surface area contributed by atoms with Crippen molar-refractivity contribution in [3.8, 4) is 11.5 Å². The smallest absolute Gasteiger partial charge is 0.195 e. The number of rotatable bonds is 4. The van der Waals surface area contributed by atoms with Crippen LogP contribution in [0.4, 0.5) is 0 Å². The zero-order chi connectivity index (χ0) is 13.1. The van der Waals surface area contributed by atoms with Crippen LogP contribution in [0.25, 0.3) is 11.5 Å². The number of H-pyrrole nitrogens is 1. The second kappa shape index (κ2) is 5.19. The molecule has 0 unspecified atom stereocenters. The van der Waals surface area contributed by atoms with Gasteiger partial charge in [0.2, 0.25) is 0 Å². The van der Waals surface area contributed by atoms with Crippen LogP contribution in [0.5, 0.6) is 0 Å². The number of furan rings is 1. The fourth-order valence-corrected chi connectivity index (χ4v) is 2.12. The van der Waals surface area contributed by atoms with Gasteiger partial charge in [0.25, 0.3) is 0 Å². The molecule has 0 aliphatic heterocycles. The lowest BCUT2D eigenvalue weighted by atomic mass is 10.3. The van der Waals surface area contributed by atoms with Gasteiger partial charge in [0.15, 0.2) is 10.6 Å². The van der Waals surface area contributed by atoms with Crippen molar-refractivity contribution in [3.05, 3.63) is 53.3 Å². The van der Waals surface area contributed by atoms with Gasteiger partial charge in [-0.15, -0.1) is 0 Å². The van der Waals surface area contributed by atoms with Gasteiger partial charge in [-0.2, -0.15) is 5.10 Å². The highest BCUT2D eigenvalue weighted by Crippen LogP contribution is 2.14. The lowest BCUT2D eigenvalue weighted by Gasteiger charge is -2.04. The van der Waals surface area contributed by atoms with Gasteiger partial charge in [0.05, 0.1) is 6.26 Å². The predicted octanol–water partition coefficient (Wildman–Crippen LogP) is 2.84. The first-order valence-corrected chi connectivity index (χ1v) is 6.34. The van der Waals surface area contributed by atoms with Gasteiger partial charge in [-0.25, -0.2) is 0 Å². The number of hydrogen-bond donors (Lipinski definition) is 1. The molecule has 1 N–H and O–H groups in total. The Kier molecular flexibility index (Phi) is 3.24. The van der Waals surface area contributed by atoms with E-state index in [1.54, 1.807) is 12.5 Å². The zero-order valence-electron chi connectivity index (χ0n) is 10.1. The third-order valence-electron chi connectivity index (χ3n) is 2.81. The van der Waals surface area contributed by atoms with Crippen molar-refractivity contribution in [1.29, 1.82) is 0 Å². The second-order valence-electron chi connectivity index (χ2n) is 4.05. The first kappa shape index (κ1) is 11.9. The summed E-state index contributed by atoms with van der Waals surface area (Å²) in [4.78, 5) is 4.29.